The van der Waals surface area contributed by atoms with E-state index in [-0.39, 0.29) is 29.9 Å². The number of likely N-dealkylation sites (tertiary alicyclic amines) is 1. The van der Waals surface area contributed by atoms with Crippen LogP contribution in [0.3, 0.4) is 0 Å². The Balaban J connectivity index is 1.71. The summed E-state index contributed by atoms with van der Waals surface area (Å²) >= 11 is 0. The summed E-state index contributed by atoms with van der Waals surface area (Å²) in [7, 11) is 0. The molecule has 2 fully saturated rings. The zero-order valence-corrected chi connectivity index (χ0v) is 11.4. The summed E-state index contributed by atoms with van der Waals surface area (Å²) in [5.74, 6) is 0.0899. The Morgan fingerprint density at radius 1 is 1.42 bits per heavy atom. The first-order chi connectivity index (χ1) is 9.15. The maximum Gasteiger partial charge on any atom is 0.245 e. The normalized spacial score (nSPS) is 26.9. The molecule has 1 N–H and O–H groups in total. The molecule has 1 aliphatic carbocycles. The van der Waals surface area contributed by atoms with Gasteiger partial charge in [0, 0.05) is 25.6 Å². The van der Waals surface area contributed by atoms with E-state index in [1.807, 2.05) is 6.92 Å². The van der Waals surface area contributed by atoms with Crippen LogP contribution in [0.2, 0.25) is 0 Å². The second-order valence-corrected chi connectivity index (χ2v) is 5.15. The number of nitrogens with zero attached hydrogens (tertiary/aromatic N) is 1. The lowest BCUT2D eigenvalue weighted by molar-refractivity contribution is -0.132. The second-order valence-electron chi connectivity index (χ2n) is 5.15. The fraction of sp³-hybridized carbons (Fsp3) is 0.714. The summed E-state index contributed by atoms with van der Waals surface area (Å²) in [6, 6.07) is 0.195. The molecule has 0 aromatic rings. The van der Waals surface area contributed by atoms with Gasteiger partial charge in [0.2, 0.25) is 11.8 Å². The molecule has 2 aliphatic rings. The maximum atomic E-state index is 12.1. The van der Waals surface area contributed by atoms with Crippen molar-refractivity contribution in [3.05, 3.63) is 12.7 Å². The Morgan fingerprint density at radius 2 is 2.11 bits per heavy atom. The third-order valence-electron chi connectivity index (χ3n) is 3.79. The molecule has 0 bridgehead atoms. The molecule has 2 amide bonds. The van der Waals surface area contributed by atoms with Crippen molar-refractivity contribution in [1.29, 1.82) is 0 Å². The average molecular weight is 266 g/mol. The highest BCUT2D eigenvalue weighted by Gasteiger charge is 2.40. The van der Waals surface area contributed by atoms with Crippen molar-refractivity contribution in [2.24, 2.45) is 5.92 Å². The maximum absolute atomic E-state index is 12.1. The quantitative estimate of drug-likeness (QED) is 0.745. The number of amides is 2. The van der Waals surface area contributed by atoms with E-state index in [1.54, 1.807) is 4.90 Å². The molecule has 0 radical (unpaired) electrons. The van der Waals surface area contributed by atoms with Crippen LogP contribution in [0.5, 0.6) is 0 Å². The van der Waals surface area contributed by atoms with Gasteiger partial charge in [-0.25, -0.2) is 0 Å². The van der Waals surface area contributed by atoms with Gasteiger partial charge in [-0.2, -0.15) is 0 Å². The lowest BCUT2D eigenvalue weighted by Gasteiger charge is -2.30. The summed E-state index contributed by atoms with van der Waals surface area (Å²) in [6.07, 6.45) is 3.93. The minimum Gasteiger partial charge on any atom is -0.376 e. The van der Waals surface area contributed by atoms with Crippen LogP contribution in [0.25, 0.3) is 0 Å². The molecule has 2 atom stereocenters. The smallest absolute Gasteiger partial charge is 0.245 e. The number of carbonyl (C=O) groups excluding carboxylic acids is 2. The highest BCUT2D eigenvalue weighted by molar-refractivity contribution is 5.87. The first-order valence-electron chi connectivity index (χ1n) is 6.99. The van der Waals surface area contributed by atoms with Crippen LogP contribution in [-0.2, 0) is 14.3 Å². The van der Waals surface area contributed by atoms with Crippen LogP contribution in [0.1, 0.15) is 26.2 Å². The fourth-order valence-electron chi connectivity index (χ4n) is 2.51. The molecule has 0 spiro atoms. The van der Waals surface area contributed by atoms with Gasteiger partial charge >= 0.3 is 0 Å². The third kappa shape index (κ3) is 3.56. The molecule has 1 aliphatic heterocycles. The number of piperidine rings is 1. The van der Waals surface area contributed by atoms with Crippen LogP contribution in [0, 0.1) is 5.92 Å². The predicted molar refractivity (Wildman–Crippen MR) is 71.5 cm³/mol. The molecule has 1 saturated carbocycles. The van der Waals surface area contributed by atoms with Crippen molar-refractivity contribution >= 4 is 11.8 Å². The number of rotatable bonds is 5. The van der Waals surface area contributed by atoms with Gasteiger partial charge in [-0.1, -0.05) is 6.58 Å². The molecule has 19 heavy (non-hydrogen) atoms. The van der Waals surface area contributed by atoms with Gasteiger partial charge in [0.25, 0.3) is 0 Å². The van der Waals surface area contributed by atoms with Crippen molar-refractivity contribution in [3.8, 4) is 0 Å². The summed E-state index contributed by atoms with van der Waals surface area (Å²) in [5, 5.41) is 3.03. The monoisotopic (exact) mass is 266 g/mol. The van der Waals surface area contributed by atoms with Crippen LogP contribution < -0.4 is 5.32 Å². The lowest BCUT2D eigenvalue weighted by atomic mass is 9.96. The Morgan fingerprint density at radius 3 is 2.68 bits per heavy atom. The SMILES string of the molecule is C=CC(=O)N1CCC(C(=O)N[C@@H]2C[C@H]2OCC)CC1. The standard InChI is InChI=1S/C14H22N2O3/c1-3-13(17)16-7-5-10(6-8-16)14(18)15-11-9-12(11)19-4-2/h3,10-12H,1,4-9H2,2H3,(H,15,18)/t11-,12-/m1/s1. The Kier molecular flexibility index (Phi) is 4.58. The first kappa shape index (κ1) is 14.1. The van der Waals surface area contributed by atoms with Gasteiger partial charge in [-0.3, -0.25) is 9.59 Å². The average Bonchev–Trinajstić information content (AvgIpc) is 3.16. The molecule has 0 aromatic heterocycles. The van der Waals surface area contributed by atoms with E-state index in [0.717, 1.165) is 19.3 Å². The highest BCUT2D eigenvalue weighted by Crippen LogP contribution is 2.26. The van der Waals surface area contributed by atoms with Crippen LogP contribution in [-0.4, -0.2) is 48.6 Å². The predicted octanol–water partition coefficient (Wildman–Crippen LogP) is 0.705. The Labute approximate surface area is 114 Å². The van der Waals surface area contributed by atoms with Crippen LogP contribution in [0.15, 0.2) is 12.7 Å². The molecule has 2 rings (SSSR count). The number of ether oxygens (including phenoxy) is 1. The number of carbonyl (C=O) groups is 2. The van der Waals surface area contributed by atoms with Crippen molar-refractivity contribution in [1.82, 2.24) is 10.2 Å². The summed E-state index contributed by atoms with van der Waals surface area (Å²) in [4.78, 5) is 25.2. The van der Waals surface area contributed by atoms with Crippen molar-refractivity contribution in [3.63, 3.8) is 0 Å². The molecule has 1 heterocycles. The second kappa shape index (κ2) is 6.19. The van der Waals surface area contributed by atoms with Gasteiger partial charge in [-0.05, 0) is 32.3 Å². The molecule has 0 unspecified atom stereocenters. The largest absolute Gasteiger partial charge is 0.376 e. The number of hydrogen-bond acceptors (Lipinski definition) is 3. The van der Waals surface area contributed by atoms with Crippen molar-refractivity contribution in [2.45, 2.75) is 38.3 Å². The van der Waals surface area contributed by atoms with Gasteiger partial charge in [0.15, 0.2) is 0 Å². The van der Waals surface area contributed by atoms with Gasteiger partial charge in [0.05, 0.1) is 12.1 Å². The summed E-state index contributed by atoms with van der Waals surface area (Å²) < 4.78 is 5.44. The molecule has 106 valence electrons. The molecular weight excluding hydrogens is 244 g/mol. The molecule has 5 heteroatoms. The Hall–Kier alpha value is -1.36. The number of nitrogens with one attached hydrogen (secondary N) is 1. The lowest BCUT2D eigenvalue weighted by Crippen LogP contribution is -2.43. The summed E-state index contributed by atoms with van der Waals surface area (Å²) in [5.41, 5.74) is 0. The molecular formula is C14H22N2O3. The van der Waals surface area contributed by atoms with E-state index in [4.69, 9.17) is 4.74 Å². The van der Waals surface area contributed by atoms with Gasteiger partial charge in [-0.15, -0.1) is 0 Å². The minimum absolute atomic E-state index is 0.0248. The highest BCUT2D eigenvalue weighted by atomic mass is 16.5. The zero-order valence-electron chi connectivity index (χ0n) is 11.4. The van der Waals surface area contributed by atoms with Crippen LogP contribution in [0.4, 0.5) is 0 Å². The third-order valence-corrected chi connectivity index (χ3v) is 3.79. The number of hydrogen-bond donors (Lipinski definition) is 1. The van der Waals surface area contributed by atoms with Crippen molar-refractivity contribution < 1.29 is 14.3 Å². The van der Waals surface area contributed by atoms with E-state index in [1.165, 1.54) is 6.08 Å². The first-order valence-corrected chi connectivity index (χ1v) is 6.99. The molecule has 1 saturated heterocycles. The van der Waals surface area contributed by atoms with E-state index in [0.29, 0.717) is 19.7 Å². The zero-order chi connectivity index (χ0) is 13.8. The van der Waals surface area contributed by atoms with Crippen LogP contribution >= 0.6 is 0 Å². The van der Waals surface area contributed by atoms with Gasteiger partial charge < -0.3 is 15.0 Å². The van der Waals surface area contributed by atoms with E-state index >= 15 is 0 Å². The van der Waals surface area contributed by atoms with E-state index in [2.05, 4.69) is 11.9 Å². The fourth-order valence-corrected chi connectivity index (χ4v) is 2.51. The minimum atomic E-state index is -0.0440. The van der Waals surface area contributed by atoms with Gasteiger partial charge in [0.1, 0.15) is 0 Å². The summed E-state index contributed by atoms with van der Waals surface area (Å²) in [6.45, 7) is 7.42. The van der Waals surface area contributed by atoms with E-state index in [9.17, 15) is 9.59 Å². The Bertz CT molecular complexity index is 362. The topological polar surface area (TPSA) is 58.6 Å². The molecule has 0 aromatic carbocycles. The molecule has 5 nitrogen and oxygen atoms in total. The van der Waals surface area contributed by atoms with E-state index < -0.39 is 0 Å². The van der Waals surface area contributed by atoms with Crippen molar-refractivity contribution in [2.75, 3.05) is 19.7 Å².